The SMILES string of the molecule is CCOc1ccccc1N(CC(=O)N(Cc1ccc(C)cc1)[C@H](CC)C(=O)NC)S(=O)(=O)c1ccc(Cl)cc1. The number of carbonyl (C=O) groups excluding carboxylic acids is 2. The van der Waals surface area contributed by atoms with Gasteiger partial charge in [-0.1, -0.05) is 60.5 Å². The molecule has 0 aliphatic rings. The fourth-order valence-electron chi connectivity index (χ4n) is 4.16. The second-order valence-electron chi connectivity index (χ2n) is 8.91. The van der Waals surface area contributed by atoms with Gasteiger partial charge in [0, 0.05) is 18.6 Å². The lowest BCUT2D eigenvalue weighted by atomic mass is 10.1. The molecule has 0 aromatic heterocycles. The highest BCUT2D eigenvalue weighted by Gasteiger charge is 2.34. The summed E-state index contributed by atoms with van der Waals surface area (Å²) in [4.78, 5) is 28.2. The van der Waals surface area contributed by atoms with E-state index in [2.05, 4.69) is 5.32 Å². The van der Waals surface area contributed by atoms with Crippen molar-refractivity contribution in [3.8, 4) is 5.75 Å². The average molecular weight is 572 g/mol. The first-order valence-corrected chi connectivity index (χ1v) is 14.5. The summed E-state index contributed by atoms with van der Waals surface area (Å²) in [6.07, 6.45) is 0.344. The number of sulfonamides is 1. The maximum atomic E-state index is 14.0. The Bertz CT molecular complexity index is 1380. The van der Waals surface area contributed by atoms with Crippen LogP contribution >= 0.6 is 11.6 Å². The largest absolute Gasteiger partial charge is 0.492 e. The normalized spacial score (nSPS) is 11.9. The van der Waals surface area contributed by atoms with E-state index >= 15 is 0 Å². The van der Waals surface area contributed by atoms with Gasteiger partial charge in [-0.25, -0.2) is 8.42 Å². The van der Waals surface area contributed by atoms with Crippen LogP contribution in [0.5, 0.6) is 5.75 Å². The highest BCUT2D eigenvalue weighted by molar-refractivity contribution is 7.92. The van der Waals surface area contributed by atoms with Gasteiger partial charge in [0.15, 0.2) is 0 Å². The molecule has 0 fully saturated rings. The van der Waals surface area contributed by atoms with Crippen molar-refractivity contribution >= 4 is 39.1 Å². The summed E-state index contributed by atoms with van der Waals surface area (Å²) in [5, 5.41) is 3.00. The molecule has 0 heterocycles. The number of likely N-dealkylation sites (N-methyl/N-ethyl adjacent to an activating group) is 1. The number of nitrogens with one attached hydrogen (secondary N) is 1. The van der Waals surface area contributed by atoms with Crippen molar-refractivity contribution in [1.82, 2.24) is 10.2 Å². The van der Waals surface area contributed by atoms with Gasteiger partial charge in [-0.3, -0.25) is 13.9 Å². The maximum absolute atomic E-state index is 14.0. The van der Waals surface area contributed by atoms with Crippen molar-refractivity contribution in [2.75, 3.05) is 24.5 Å². The number of anilines is 1. The summed E-state index contributed by atoms with van der Waals surface area (Å²) in [5.41, 5.74) is 2.09. The molecular weight excluding hydrogens is 538 g/mol. The highest BCUT2D eigenvalue weighted by Crippen LogP contribution is 2.33. The van der Waals surface area contributed by atoms with Gasteiger partial charge in [0.1, 0.15) is 18.3 Å². The molecule has 0 unspecified atom stereocenters. The first-order chi connectivity index (χ1) is 18.6. The van der Waals surface area contributed by atoms with Gasteiger partial charge in [0.05, 0.1) is 17.2 Å². The molecule has 1 atom stereocenters. The number of carbonyl (C=O) groups is 2. The summed E-state index contributed by atoms with van der Waals surface area (Å²) < 4.78 is 34.7. The van der Waals surface area contributed by atoms with E-state index in [1.807, 2.05) is 38.1 Å². The number of halogens is 1. The minimum absolute atomic E-state index is 0.0329. The van der Waals surface area contributed by atoms with Gasteiger partial charge >= 0.3 is 0 Å². The first kappa shape index (κ1) is 30.0. The quantitative estimate of drug-likeness (QED) is 0.337. The molecule has 0 radical (unpaired) electrons. The molecule has 0 spiro atoms. The van der Waals surface area contributed by atoms with Gasteiger partial charge in [-0.2, -0.15) is 0 Å². The van der Waals surface area contributed by atoms with Crippen molar-refractivity contribution in [2.24, 2.45) is 0 Å². The monoisotopic (exact) mass is 571 g/mol. The van der Waals surface area contributed by atoms with Crippen LogP contribution in [0.15, 0.2) is 77.7 Å². The van der Waals surface area contributed by atoms with Gasteiger partial charge in [0.2, 0.25) is 11.8 Å². The van der Waals surface area contributed by atoms with Crippen LogP contribution in [0.2, 0.25) is 5.02 Å². The van der Waals surface area contributed by atoms with Crippen LogP contribution < -0.4 is 14.4 Å². The van der Waals surface area contributed by atoms with Gasteiger partial charge < -0.3 is 15.0 Å². The molecule has 3 aromatic rings. The van der Waals surface area contributed by atoms with Gasteiger partial charge in [0.25, 0.3) is 10.0 Å². The molecule has 3 rings (SSSR count). The van der Waals surface area contributed by atoms with Crippen LogP contribution in [0.3, 0.4) is 0 Å². The number of aryl methyl sites for hydroxylation is 1. The molecular formula is C29H34ClN3O5S. The van der Waals surface area contributed by atoms with E-state index in [0.717, 1.165) is 15.4 Å². The standard InChI is InChI=1S/C29H34ClN3O5S/c1-5-25(29(35)31-4)32(19-22-13-11-21(3)12-14-22)28(34)20-33(26-9-7-8-10-27(26)38-6-2)39(36,37)24-17-15-23(30)16-18-24/h7-18,25H,5-6,19-20H2,1-4H3,(H,31,35)/t25-/m1/s1. The molecule has 39 heavy (non-hydrogen) atoms. The van der Waals surface area contributed by atoms with Gasteiger partial charge in [-0.05, 0) is 62.2 Å². The fourth-order valence-corrected chi connectivity index (χ4v) is 5.71. The minimum Gasteiger partial charge on any atom is -0.492 e. The highest BCUT2D eigenvalue weighted by atomic mass is 35.5. The third kappa shape index (κ3) is 7.30. The molecule has 3 aromatic carbocycles. The smallest absolute Gasteiger partial charge is 0.264 e. The van der Waals surface area contributed by atoms with Crippen LogP contribution in [-0.4, -0.2) is 51.4 Å². The van der Waals surface area contributed by atoms with E-state index < -0.39 is 28.5 Å². The second-order valence-corrected chi connectivity index (χ2v) is 11.2. The minimum atomic E-state index is -4.23. The van der Waals surface area contributed by atoms with E-state index in [1.54, 1.807) is 31.2 Å². The Morgan fingerprint density at radius 3 is 2.21 bits per heavy atom. The lowest BCUT2D eigenvalue weighted by Crippen LogP contribution is -2.51. The molecule has 1 N–H and O–H groups in total. The number of para-hydroxylation sites is 2. The second kappa shape index (κ2) is 13.5. The summed E-state index contributed by atoms with van der Waals surface area (Å²) in [6.45, 7) is 5.44. The topological polar surface area (TPSA) is 96.0 Å². The number of rotatable bonds is 12. The number of hydrogen-bond donors (Lipinski definition) is 1. The predicted octanol–water partition coefficient (Wildman–Crippen LogP) is 4.80. The molecule has 208 valence electrons. The van der Waals surface area contributed by atoms with Crippen LogP contribution in [-0.2, 0) is 26.2 Å². The van der Waals surface area contributed by atoms with Crippen molar-refractivity contribution < 1.29 is 22.7 Å². The Morgan fingerprint density at radius 2 is 1.62 bits per heavy atom. The van der Waals surface area contributed by atoms with E-state index in [0.29, 0.717) is 23.8 Å². The number of benzene rings is 3. The molecule has 10 heteroatoms. The van der Waals surface area contributed by atoms with Gasteiger partial charge in [-0.15, -0.1) is 0 Å². The molecule has 0 bridgehead atoms. The van der Waals surface area contributed by atoms with Crippen LogP contribution in [0.25, 0.3) is 0 Å². The molecule has 2 amide bonds. The van der Waals surface area contributed by atoms with E-state index in [1.165, 1.54) is 36.2 Å². The summed E-state index contributed by atoms with van der Waals surface area (Å²) in [7, 11) is -2.72. The Hall–Kier alpha value is -3.56. The number of amides is 2. The molecule has 8 nitrogen and oxygen atoms in total. The first-order valence-electron chi connectivity index (χ1n) is 12.7. The number of nitrogens with zero attached hydrogens (tertiary/aromatic N) is 2. The lowest BCUT2D eigenvalue weighted by Gasteiger charge is -2.33. The summed E-state index contributed by atoms with van der Waals surface area (Å²) >= 11 is 6.00. The predicted molar refractivity (Wildman–Crippen MR) is 153 cm³/mol. The summed E-state index contributed by atoms with van der Waals surface area (Å²) in [6, 6.07) is 19.2. The van der Waals surface area contributed by atoms with Crippen molar-refractivity contribution in [2.45, 2.75) is 44.7 Å². The summed E-state index contributed by atoms with van der Waals surface area (Å²) in [5.74, 6) is -0.552. The zero-order valence-electron chi connectivity index (χ0n) is 22.6. The number of ether oxygens (including phenoxy) is 1. The fraction of sp³-hybridized carbons (Fsp3) is 0.310. The maximum Gasteiger partial charge on any atom is 0.264 e. The number of hydrogen-bond acceptors (Lipinski definition) is 5. The third-order valence-electron chi connectivity index (χ3n) is 6.22. The lowest BCUT2D eigenvalue weighted by molar-refractivity contribution is -0.140. The van der Waals surface area contributed by atoms with Crippen molar-refractivity contribution in [3.63, 3.8) is 0 Å². The average Bonchev–Trinajstić information content (AvgIpc) is 2.93. The van der Waals surface area contributed by atoms with Crippen molar-refractivity contribution in [1.29, 1.82) is 0 Å². The van der Waals surface area contributed by atoms with Crippen LogP contribution in [0, 0.1) is 6.92 Å². The molecule has 0 aliphatic carbocycles. The van der Waals surface area contributed by atoms with E-state index in [4.69, 9.17) is 16.3 Å². The molecule has 0 saturated carbocycles. The van der Waals surface area contributed by atoms with Crippen LogP contribution in [0.1, 0.15) is 31.4 Å². The molecule has 0 aliphatic heterocycles. The Morgan fingerprint density at radius 1 is 0.974 bits per heavy atom. The Kier molecular flexibility index (Phi) is 10.4. The van der Waals surface area contributed by atoms with Crippen molar-refractivity contribution in [3.05, 3.63) is 88.9 Å². The zero-order chi connectivity index (χ0) is 28.6. The van der Waals surface area contributed by atoms with E-state index in [9.17, 15) is 18.0 Å². The van der Waals surface area contributed by atoms with E-state index in [-0.39, 0.29) is 23.0 Å². The third-order valence-corrected chi connectivity index (χ3v) is 8.25. The Labute approximate surface area is 235 Å². The van der Waals surface area contributed by atoms with Crippen LogP contribution in [0.4, 0.5) is 5.69 Å². The molecule has 0 saturated heterocycles. The Balaban J connectivity index is 2.10. The zero-order valence-corrected chi connectivity index (χ0v) is 24.1.